The fraction of sp³-hybridized carbons (Fsp3) is 0.412. The molecule has 1 aliphatic rings. The van der Waals surface area contributed by atoms with Crippen LogP contribution in [0, 0.1) is 0 Å². The highest BCUT2D eigenvalue weighted by Gasteiger charge is 2.21. The quantitative estimate of drug-likeness (QED) is 0.874. The van der Waals surface area contributed by atoms with Gasteiger partial charge in [0.15, 0.2) is 0 Å². The second-order valence-corrected chi connectivity index (χ2v) is 5.84. The van der Waals surface area contributed by atoms with Gasteiger partial charge in [-0.05, 0) is 17.7 Å². The summed E-state index contributed by atoms with van der Waals surface area (Å²) in [7, 11) is 1.67. The van der Waals surface area contributed by atoms with Crippen molar-refractivity contribution in [1.82, 2.24) is 14.7 Å². The molecule has 0 fully saturated rings. The van der Waals surface area contributed by atoms with Gasteiger partial charge in [-0.25, -0.2) is 4.68 Å². The molecule has 1 aliphatic heterocycles. The Balaban J connectivity index is 1.54. The average Bonchev–Trinajstić information content (AvgIpc) is 2.55. The van der Waals surface area contributed by atoms with Gasteiger partial charge < -0.3 is 9.84 Å². The van der Waals surface area contributed by atoms with E-state index in [0.717, 1.165) is 30.0 Å². The van der Waals surface area contributed by atoms with Crippen molar-refractivity contribution in [2.24, 2.45) is 7.05 Å². The number of fused-ring (bicyclic) bond motifs is 1. The summed E-state index contributed by atoms with van der Waals surface area (Å²) >= 11 is 0. The molecule has 122 valence electrons. The van der Waals surface area contributed by atoms with Gasteiger partial charge in [-0.3, -0.25) is 9.69 Å². The molecular formula is C17H21N3O3. The van der Waals surface area contributed by atoms with Crippen LogP contribution in [0.2, 0.25) is 0 Å². The molecule has 0 aliphatic carbocycles. The first-order chi connectivity index (χ1) is 11.1. The predicted molar refractivity (Wildman–Crippen MR) is 86.4 cm³/mol. The van der Waals surface area contributed by atoms with Crippen molar-refractivity contribution in [3.63, 3.8) is 0 Å². The molecule has 2 heterocycles. The lowest BCUT2D eigenvalue weighted by Crippen LogP contribution is -2.40. The first kappa shape index (κ1) is 15.7. The van der Waals surface area contributed by atoms with Crippen molar-refractivity contribution >= 4 is 0 Å². The fourth-order valence-electron chi connectivity index (χ4n) is 2.77. The number of aryl methyl sites for hydroxylation is 1. The van der Waals surface area contributed by atoms with Crippen LogP contribution >= 0.6 is 0 Å². The maximum atomic E-state index is 11.7. The molecule has 1 atom stereocenters. The third-order valence-electron chi connectivity index (χ3n) is 3.97. The molecule has 1 aromatic heterocycles. The van der Waals surface area contributed by atoms with E-state index in [4.69, 9.17) is 4.74 Å². The van der Waals surface area contributed by atoms with E-state index in [2.05, 4.69) is 10.00 Å². The van der Waals surface area contributed by atoms with Crippen LogP contribution in [0.3, 0.4) is 0 Å². The molecule has 0 spiro atoms. The molecule has 0 saturated heterocycles. The molecule has 0 saturated carbocycles. The lowest BCUT2D eigenvalue weighted by Gasteiger charge is -2.29. The third-order valence-corrected chi connectivity index (χ3v) is 3.97. The summed E-state index contributed by atoms with van der Waals surface area (Å²) in [5, 5.41) is 14.5. The second-order valence-electron chi connectivity index (χ2n) is 5.84. The van der Waals surface area contributed by atoms with Gasteiger partial charge in [0.1, 0.15) is 18.5 Å². The molecule has 6 nitrogen and oxygen atoms in total. The van der Waals surface area contributed by atoms with E-state index in [0.29, 0.717) is 13.1 Å². The average molecular weight is 315 g/mol. The summed E-state index contributed by atoms with van der Waals surface area (Å²) in [6, 6.07) is 11.1. The number of benzene rings is 1. The summed E-state index contributed by atoms with van der Waals surface area (Å²) < 4.78 is 6.94. The first-order valence-electron chi connectivity index (χ1n) is 7.76. The SMILES string of the molecule is Cn1nc2c(cc1=O)CN(CC(O)COc1ccccc1)CC2. The van der Waals surface area contributed by atoms with Gasteiger partial charge in [-0.2, -0.15) is 5.10 Å². The predicted octanol–water partition coefficient (Wildman–Crippen LogP) is 0.578. The van der Waals surface area contributed by atoms with Crippen LogP contribution in [-0.4, -0.2) is 45.6 Å². The van der Waals surface area contributed by atoms with Crippen LogP contribution in [0.4, 0.5) is 0 Å². The number of hydrogen-bond donors (Lipinski definition) is 1. The Morgan fingerprint density at radius 1 is 1.35 bits per heavy atom. The highest BCUT2D eigenvalue weighted by molar-refractivity contribution is 5.21. The monoisotopic (exact) mass is 315 g/mol. The normalized spacial score (nSPS) is 15.9. The van der Waals surface area contributed by atoms with Gasteiger partial charge in [0, 0.05) is 39.2 Å². The van der Waals surface area contributed by atoms with Crippen molar-refractivity contribution in [3.05, 3.63) is 58.0 Å². The number of ether oxygens (including phenoxy) is 1. The van der Waals surface area contributed by atoms with E-state index in [1.807, 2.05) is 30.3 Å². The maximum absolute atomic E-state index is 11.7. The zero-order valence-electron chi connectivity index (χ0n) is 13.2. The number of rotatable bonds is 5. The summed E-state index contributed by atoms with van der Waals surface area (Å²) in [6.07, 6.45) is 0.215. The molecule has 23 heavy (non-hydrogen) atoms. The van der Waals surface area contributed by atoms with Crippen LogP contribution in [0.25, 0.3) is 0 Å². The minimum atomic E-state index is -0.573. The van der Waals surface area contributed by atoms with E-state index in [9.17, 15) is 9.90 Å². The van der Waals surface area contributed by atoms with Crippen molar-refractivity contribution in [2.45, 2.75) is 19.1 Å². The Morgan fingerprint density at radius 3 is 2.91 bits per heavy atom. The molecule has 0 amide bonds. The summed E-state index contributed by atoms with van der Waals surface area (Å²) in [5.41, 5.74) is 1.83. The number of para-hydroxylation sites is 1. The van der Waals surface area contributed by atoms with E-state index in [1.165, 1.54) is 4.68 Å². The lowest BCUT2D eigenvalue weighted by atomic mass is 10.1. The molecule has 1 aromatic carbocycles. The van der Waals surface area contributed by atoms with E-state index in [1.54, 1.807) is 13.1 Å². The summed E-state index contributed by atoms with van der Waals surface area (Å²) in [5.74, 6) is 0.753. The van der Waals surface area contributed by atoms with Gasteiger partial charge >= 0.3 is 0 Å². The Bertz CT molecular complexity index is 715. The first-order valence-corrected chi connectivity index (χ1v) is 7.76. The zero-order valence-corrected chi connectivity index (χ0v) is 13.2. The minimum absolute atomic E-state index is 0.0986. The fourth-order valence-corrected chi connectivity index (χ4v) is 2.77. The van der Waals surface area contributed by atoms with Crippen LogP contribution in [0.1, 0.15) is 11.3 Å². The maximum Gasteiger partial charge on any atom is 0.266 e. The number of nitrogens with zero attached hydrogens (tertiary/aromatic N) is 3. The molecule has 6 heteroatoms. The van der Waals surface area contributed by atoms with Gasteiger partial charge in [0.05, 0.1) is 5.69 Å². The van der Waals surface area contributed by atoms with Crippen LogP contribution < -0.4 is 10.3 Å². The third kappa shape index (κ3) is 3.97. The van der Waals surface area contributed by atoms with Gasteiger partial charge in [-0.15, -0.1) is 0 Å². The van der Waals surface area contributed by atoms with Crippen molar-refractivity contribution < 1.29 is 9.84 Å². The summed E-state index contributed by atoms with van der Waals surface area (Å²) in [4.78, 5) is 13.8. The Labute approximate surface area is 134 Å². The molecule has 1 unspecified atom stereocenters. The Morgan fingerprint density at radius 2 is 2.13 bits per heavy atom. The molecule has 1 N–H and O–H groups in total. The number of aliphatic hydroxyl groups is 1. The van der Waals surface area contributed by atoms with E-state index in [-0.39, 0.29) is 12.2 Å². The van der Waals surface area contributed by atoms with E-state index >= 15 is 0 Å². The highest BCUT2D eigenvalue weighted by atomic mass is 16.5. The van der Waals surface area contributed by atoms with Gasteiger partial charge in [0.2, 0.25) is 0 Å². The minimum Gasteiger partial charge on any atom is -0.491 e. The highest BCUT2D eigenvalue weighted by Crippen LogP contribution is 2.15. The number of aliphatic hydroxyl groups excluding tert-OH is 1. The van der Waals surface area contributed by atoms with Crippen molar-refractivity contribution in [3.8, 4) is 5.75 Å². The van der Waals surface area contributed by atoms with Gasteiger partial charge in [-0.1, -0.05) is 18.2 Å². The largest absolute Gasteiger partial charge is 0.491 e. The molecular weight excluding hydrogens is 294 g/mol. The summed E-state index contributed by atoms with van der Waals surface area (Å²) in [6.45, 7) is 2.23. The number of β-amino-alcohol motifs (C(OH)–C–C–N with tert-alkyl or cyclic N) is 1. The Kier molecular flexibility index (Phi) is 4.73. The smallest absolute Gasteiger partial charge is 0.266 e. The zero-order chi connectivity index (χ0) is 16.2. The van der Waals surface area contributed by atoms with Crippen molar-refractivity contribution in [1.29, 1.82) is 0 Å². The molecule has 0 radical (unpaired) electrons. The van der Waals surface area contributed by atoms with Crippen LogP contribution in [0.15, 0.2) is 41.2 Å². The topological polar surface area (TPSA) is 67.6 Å². The van der Waals surface area contributed by atoms with Crippen LogP contribution in [0.5, 0.6) is 5.75 Å². The molecule has 3 rings (SSSR count). The second kappa shape index (κ2) is 6.93. The molecule has 2 aromatic rings. The lowest BCUT2D eigenvalue weighted by molar-refractivity contribution is 0.0633. The Hall–Kier alpha value is -2.18. The number of hydrogen-bond acceptors (Lipinski definition) is 5. The van der Waals surface area contributed by atoms with Crippen molar-refractivity contribution in [2.75, 3.05) is 19.7 Å². The van der Waals surface area contributed by atoms with Crippen LogP contribution in [-0.2, 0) is 20.0 Å². The van der Waals surface area contributed by atoms with Gasteiger partial charge in [0.25, 0.3) is 5.56 Å². The number of aromatic nitrogens is 2. The van der Waals surface area contributed by atoms with E-state index < -0.39 is 6.10 Å². The standard InChI is InChI=1S/C17H21N3O3/c1-19-17(22)9-13-10-20(8-7-16(13)18-19)11-14(21)12-23-15-5-3-2-4-6-15/h2-6,9,14,21H,7-8,10-12H2,1H3. The molecule has 0 bridgehead atoms.